The Morgan fingerprint density at radius 1 is 1.00 bits per heavy atom. The first-order valence-corrected chi connectivity index (χ1v) is 7.43. The Labute approximate surface area is 124 Å². The maximum absolute atomic E-state index is 13.7. The van der Waals surface area contributed by atoms with Crippen LogP contribution in [0.5, 0.6) is 0 Å². The van der Waals surface area contributed by atoms with E-state index >= 15 is 0 Å². The van der Waals surface area contributed by atoms with Crippen LogP contribution in [0.25, 0.3) is 5.57 Å². The van der Waals surface area contributed by atoms with Gasteiger partial charge in [-0.15, -0.1) is 0 Å². The lowest BCUT2D eigenvalue weighted by Crippen LogP contribution is -2.06. The Balaban J connectivity index is 1.86. The van der Waals surface area contributed by atoms with Crippen LogP contribution in [0.4, 0.5) is 8.78 Å². The molecule has 0 aromatic heterocycles. The number of rotatable bonds is 3. The number of hydrogen-bond donors (Lipinski definition) is 0. The Morgan fingerprint density at radius 2 is 1.76 bits per heavy atom. The molecule has 21 heavy (non-hydrogen) atoms. The predicted molar refractivity (Wildman–Crippen MR) is 82.2 cm³/mol. The molecule has 0 aliphatic heterocycles. The highest BCUT2D eigenvalue weighted by atomic mass is 19.2. The van der Waals surface area contributed by atoms with Crippen molar-refractivity contribution < 1.29 is 8.78 Å². The van der Waals surface area contributed by atoms with Gasteiger partial charge < -0.3 is 0 Å². The molecule has 1 aliphatic rings. The summed E-state index contributed by atoms with van der Waals surface area (Å²) in [6.07, 6.45) is 5.37. The first-order chi connectivity index (χ1) is 10.2. The second-order valence-corrected chi connectivity index (χ2v) is 5.56. The van der Waals surface area contributed by atoms with Gasteiger partial charge in [0.25, 0.3) is 0 Å². The molecule has 0 amide bonds. The SMILES string of the molecule is CCCc1ccc(C2=CCc3c(ccc(F)c3F)C2)cc1. The summed E-state index contributed by atoms with van der Waals surface area (Å²) in [7, 11) is 0. The molecule has 0 N–H and O–H groups in total. The highest BCUT2D eigenvalue weighted by molar-refractivity contribution is 5.70. The highest BCUT2D eigenvalue weighted by Crippen LogP contribution is 2.30. The van der Waals surface area contributed by atoms with Crippen LogP contribution in [-0.2, 0) is 19.3 Å². The topological polar surface area (TPSA) is 0 Å². The van der Waals surface area contributed by atoms with Crippen LogP contribution in [-0.4, -0.2) is 0 Å². The molecule has 0 bridgehead atoms. The average Bonchev–Trinajstić information content (AvgIpc) is 2.52. The fraction of sp³-hybridized carbons (Fsp3) is 0.263. The van der Waals surface area contributed by atoms with Gasteiger partial charge in [0.05, 0.1) is 0 Å². The Kier molecular flexibility index (Phi) is 3.87. The minimum Gasteiger partial charge on any atom is -0.204 e. The van der Waals surface area contributed by atoms with E-state index in [0.29, 0.717) is 18.4 Å². The lowest BCUT2D eigenvalue weighted by molar-refractivity contribution is 0.499. The second kappa shape index (κ2) is 5.80. The summed E-state index contributed by atoms with van der Waals surface area (Å²) in [4.78, 5) is 0. The highest BCUT2D eigenvalue weighted by Gasteiger charge is 2.18. The average molecular weight is 284 g/mol. The molecule has 0 radical (unpaired) electrons. The number of halogens is 2. The van der Waals surface area contributed by atoms with Crippen molar-refractivity contribution >= 4 is 5.57 Å². The van der Waals surface area contributed by atoms with Gasteiger partial charge in [-0.1, -0.05) is 49.8 Å². The van der Waals surface area contributed by atoms with E-state index in [1.54, 1.807) is 6.07 Å². The molecule has 2 aromatic rings. The van der Waals surface area contributed by atoms with Gasteiger partial charge in [0, 0.05) is 0 Å². The van der Waals surface area contributed by atoms with E-state index in [-0.39, 0.29) is 0 Å². The molecular weight excluding hydrogens is 266 g/mol. The molecule has 2 heteroatoms. The van der Waals surface area contributed by atoms with E-state index in [1.165, 1.54) is 22.8 Å². The third kappa shape index (κ3) is 2.76. The van der Waals surface area contributed by atoms with Crippen molar-refractivity contribution in [3.8, 4) is 0 Å². The van der Waals surface area contributed by atoms with Gasteiger partial charge in [0.1, 0.15) is 0 Å². The maximum Gasteiger partial charge on any atom is 0.162 e. The van der Waals surface area contributed by atoms with Crippen molar-refractivity contribution in [2.24, 2.45) is 0 Å². The second-order valence-electron chi connectivity index (χ2n) is 5.56. The number of allylic oxidation sites excluding steroid dienone is 2. The quantitative estimate of drug-likeness (QED) is 0.735. The van der Waals surface area contributed by atoms with Gasteiger partial charge in [0.15, 0.2) is 11.6 Å². The zero-order valence-corrected chi connectivity index (χ0v) is 12.1. The molecule has 3 rings (SSSR count). The molecule has 2 aromatic carbocycles. The monoisotopic (exact) mass is 284 g/mol. The molecule has 0 saturated heterocycles. The van der Waals surface area contributed by atoms with Gasteiger partial charge in [0.2, 0.25) is 0 Å². The molecule has 0 unspecified atom stereocenters. The van der Waals surface area contributed by atoms with E-state index in [1.807, 2.05) is 6.08 Å². The Bertz CT molecular complexity index is 681. The molecule has 0 atom stereocenters. The van der Waals surface area contributed by atoms with Crippen LogP contribution in [0, 0.1) is 11.6 Å². The van der Waals surface area contributed by atoms with E-state index in [4.69, 9.17) is 0 Å². The zero-order chi connectivity index (χ0) is 14.8. The van der Waals surface area contributed by atoms with E-state index in [2.05, 4.69) is 31.2 Å². The molecule has 0 nitrogen and oxygen atoms in total. The van der Waals surface area contributed by atoms with Crippen LogP contribution in [0.15, 0.2) is 42.5 Å². The molecule has 0 heterocycles. The maximum atomic E-state index is 13.7. The lowest BCUT2D eigenvalue weighted by atomic mass is 9.87. The van der Waals surface area contributed by atoms with E-state index in [0.717, 1.165) is 18.4 Å². The van der Waals surface area contributed by atoms with Crippen molar-refractivity contribution in [1.29, 1.82) is 0 Å². The smallest absolute Gasteiger partial charge is 0.162 e. The van der Waals surface area contributed by atoms with Crippen molar-refractivity contribution in [2.45, 2.75) is 32.6 Å². The third-order valence-corrected chi connectivity index (χ3v) is 4.09. The van der Waals surface area contributed by atoms with Crippen molar-refractivity contribution in [2.75, 3.05) is 0 Å². The Morgan fingerprint density at radius 3 is 2.48 bits per heavy atom. The zero-order valence-electron chi connectivity index (χ0n) is 12.1. The van der Waals surface area contributed by atoms with Crippen LogP contribution in [0.1, 0.15) is 35.6 Å². The van der Waals surface area contributed by atoms with Crippen molar-refractivity contribution in [3.63, 3.8) is 0 Å². The van der Waals surface area contributed by atoms with Gasteiger partial charge in [-0.05, 0) is 53.2 Å². The van der Waals surface area contributed by atoms with Crippen molar-refractivity contribution in [3.05, 3.63) is 76.4 Å². The largest absolute Gasteiger partial charge is 0.204 e. The van der Waals surface area contributed by atoms with Gasteiger partial charge in [-0.3, -0.25) is 0 Å². The summed E-state index contributed by atoms with van der Waals surface area (Å²) in [5, 5.41) is 0. The van der Waals surface area contributed by atoms with Crippen LogP contribution in [0.2, 0.25) is 0 Å². The fourth-order valence-corrected chi connectivity index (χ4v) is 2.92. The predicted octanol–water partition coefficient (Wildman–Crippen LogP) is 5.10. The molecule has 108 valence electrons. The summed E-state index contributed by atoms with van der Waals surface area (Å²) in [6.45, 7) is 2.17. The van der Waals surface area contributed by atoms with Crippen LogP contribution >= 0.6 is 0 Å². The van der Waals surface area contributed by atoms with Crippen LogP contribution < -0.4 is 0 Å². The molecule has 1 aliphatic carbocycles. The summed E-state index contributed by atoms with van der Waals surface area (Å²) in [5.41, 5.74) is 5.10. The molecular formula is C19H18F2. The van der Waals surface area contributed by atoms with Gasteiger partial charge in [-0.25, -0.2) is 8.78 Å². The number of benzene rings is 2. The number of aryl methyl sites for hydroxylation is 1. The molecule has 0 saturated carbocycles. The van der Waals surface area contributed by atoms with Crippen molar-refractivity contribution in [1.82, 2.24) is 0 Å². The lowest BCUT2D eigenvalue weighted by Gasteiger charge is -2.18. The minimum absolute atomic E-state index is 0.463. The fourth-order valence-electron chi connectivity index (χ4n) is 2.92. The third-order valence-electron chi connectivity index (χ3n) is 4.09. The first-order valence-electron chi connectivity index (χ1n) is 7.43. The standard InChI is InChI=1S/C19H18F2/c1-2-3-13-4-6-14(7-5-13)15-8-10-17-16(12-15)9-11-18(20)19(17)21/h4-9,11H,2-3,10,12H2,1H3. The first kappa shape index (κ1) is 14.0. The summed E-state index contributed by atoms with van der Waals surface area (Å²) in [6, 6.07) is 11.5. The van der Waals surface area contributed by atoms with Gasteiger partial charge in [-0.2, -0.15) is 0 Å². The number of fused-ring (bicyclic) bond motifs is 1. The molecule has 0 fully saturated rings. The summed E-state index contributed by atoms with van der Waals surface area (Å²) >= 11 is 0. The summed E-state index contributed by atoms with van der Waals surface area (Å²) in [5.74, 6) is -1.45. The van der Waals surface area contributed by atoms with E-state index < -0.39 is 11.6 Å². The number of hydrogen-bond acceptors (Lipinski definition) is 0. The van der Waals surface area contributed by atoms with Gasteiger partial charge >= 0.3 is 0 Å². The van der Waals surface area contributed by atoms with E-state index in [9.17, 15) is 8.78 Å². The molecule has 0 spiro atoms. The Hall–Kier alpha value is -1.96. The normalized spacial score (nSPS) is 13.8. The van der Waals surface area contributed by atoms with Crippen LogP contribution in [0.3, 0.4) is 0 Å². The summed E-state index contributed by atoms with van der Waals surface area (Å²) < 4.78 is 27.0. The minimum atomic E-state index is -0.755.